The van der Waals surface area contributed by atoms with Gasteiger partial charge in [-0.2, -0.15) is 0 Å². The smallest absolute Gasteiger partial charge is 0.266 e. The molecule has 0 aromatic heterocycles. The first-order valence-corrected chi connectivity index (χ1v) is 9.55. The molecule has 2 aromatic rings. The number of carbonyl (C=O) groups is 1. The van der Waals surface area contributed by atoms with Crippen LogP contribution in [0.3, 0.4) is 0 Å². The Morgan fingerprint density at radius 1 is 1.11 bits per heavy atom. The van der Waals surface area contributed by atoms with Crippen molar-refractivity contribution in [2.24, 2.45) is 0 Å². The summed E-state index contributed by atoms with van der Waals surface area (Å²) in [6.07, 6.45) is 3.55. The van der Waals surface area contributed by atoms with Crippen molar-refractivity contribution in [1.29, 1.82) is 0 Å². The molecule has 0 aliphatic carbocycles. The third-order valence-corrected chi connectivity index (χ3v) is 5.30. The molecule has 2 aromatic carbocycles. The molecule has 138 valence electrons. The summed E-state index contributed by atoms with van der Waals surface area (Å²) >= 11 is 6.72. The highest BCUT2D eigenvalue weighted by molar-refractivity contribution is 8.26. The molecule has 0 N–H and O–H groups in total. The maximum absolute atomic E-state index is 12.7. The number of nitrogens with zero attached hydrogens (tertiary/aromatic N) is 1. The Kier molecular flexibility index (Phi) is 6.32. The van der Waals surface area contributed by atoms with Gasteiger partial charge in [0.15, 0.2) is 0 Å². The zero-order valence-electron chi connectivity index (χ0n) is 14.9. The predicted octanol–water partition coefficient (Wildman–Crippen LogP) is 4.66. The quantitative estimate of drug-likeness (QED) is 0.386. The van der Waals surface area contributed by atoms with Gasteiger partial charge in [0.25, 0.3) is 5.91 Å². The van der Waals surface area contributed by atoms with Gasteiger partial charge in [-0.25, -0.2) is 0 Å². The van der Waals surface area contributed by atoms with Crippen LogP contribution < -0.4 is 9.47 Å². The Bertz CT molecular complexity index is 873. The van der Waals surface area contributed by atoms with E-state index in [1.54, 1.807) is 18.1 Å². The molecular weight excluding hydrogens is 378 g/mol. The Balaban J connectivity index is 1.70. The molecule has 1 amide bonds. The van der Waals surface area contributed by atoms with Gasteiger partial charge < -0.3 is 9.47 Å². The van der Waals surface area contributed by atoms with Crippen molar-refractivity contribution in [1.82, 2.24) is 4.90 Å². The largest absolute Gasteiger partial charge is 0.497 e. The predicted molar refractivity (Wildman–Crippen MR) is 114 cm³/mol. The fourth-order valence-corrected chi connectivity index (χ4v) is 3.77. The van der Waals surface area contributed by atoms with Crippen LogP contribution >= 0.6 is 24.0 Å². The number of thiocarbonyl (C=S) groups is 1. The van der Waals surface area contributed by atoms with Gasteiger partial charge in [0.2, 0.25) is 0 Å². The van der Waals surface area contributed by atoms with Gasteiger partial charge in [-0.05, 0) is 41.5 Å². The number of carbonyl (C=O) groups excluding carboxylic acids is 1. The molecule has 4 nitrogen and oxygen atoms in total. The molecule has 0 unspecified atom stereocenters. The summed E-state index contributed by atoms with van der Waals surface area (Å²) in [5.74, 6) is 1.47. The molecule has 1 heterocycles. The van der Waals surface area contributed by atoms with Crippen LogP contribution in [0.15, 0.2) is 66.1 Å². The number of hydrogen-bond donors (Lipinski definition) is 0. The van der Waals surface area contributed by atoms with E-state index < -0.39 is 0 Å². The zero-order valence-corrected chi connectivity index (χ0v) is 16.5. The van der Waals surface area contributed by atoms with Crippen LogP contribution in [-0.2, 0) is 11.3 Å². The summed E-state index contributed by atoms with van der Waals surface area (Å²) in [6.45, 7) is 4.53. The number of ether oxygens (including phenoxy) is 2. The fourth-order valence-electron chi connectivity index (χ4n) is 2.52. The van der Waals surface area contributed by atoms with Gasteiger partial charge in [0.1, 0.15) is 22.4 Å². The molecular formula is C21H19NO3S2. The van der Waals surface area contributed by atoms with E-state index in [1.807, 2.05) is 54.6 Å². The second-order valence-electron chi connectivity index (χ2n) is 5.78. The minimum atomic E-state index is -0.0761. The summed E-state index contributed by atoms with van der Waals surface area (Å²) < 4.78 is 11.2. The molecule has 0 atom stereocenters. The van der Waals surface area contributed by atoms with E-state index in [-0.39, 0.29) is 5.91 Å². The Labute approximate surface area is 168 Å². The third kappa shape index (κ3) is 4.78. The molecule has 6 heteroatoms. The monoisotopic (exact) mass is 397 g/mol. The maximum Gasteiger partial charge on any atom is 0.266 e. The van der Waals surface area contributed by atoms with Crippen molar-refractivity contribution in [2.45, 2.75) is 6.54 Å². The molecule has 0 saturated carbocycles. The van der Waals surface area contributed by atoms with E-state index in [0.29, 0.717) is 22.4 Å². The molecule has 0 radical (unpaired) electrons. The highest BCUT2D eigenvalue weighted by Crippen LogP contribution is 2.34. The van der Waals surface area contributed by atoms with Crippen LogP contribution in [0.5, 0.6) is 11.5 Å². The molecule has 3 rings (SSSR count). The minimum Gasteiger partial charge on any atom is -0.497 e. The van der Waals surface area contributed by atoms with Gasteiger partial charge in [-0.3, -0.25) is 9.69 Å². The second-order valence-corrected chi connectivity index (χ2v) is 7.46. The van der Waals surface area contributed by atoms with Crippen molar-refractivity contribution < 1.29 is 14.3 Å². The summed E-state index contributed by atoms with van der Waals surface area (Å²) in [6, 6.07) is 15.2. The van der Waals surface area contributed by atoms with E-state index >= 15 is 0 Å². The fraction of sp³-hybridized carbons (Fsp3) is 0.143. The number of rotatable bonds is 7. The van der Waals surface area contributed by atoms with Crippen LogP contribution in [0.25, 0.3) is 6.08 Å². The molecule has 1 saturated heterocycles. The number of hydrogen-bond acceptors (Lipinski definition) is 5. The maximum atomic E-state index is 12.7. The summed E-state index contributed by atoms with van der Waals surface area (Å²) in [7, 11) is 1.62. The van der Waals surface area contributed by atoms with Gasteiger partial charge in [-0.15, -0.1) is 0 Å². The zero-order chi connectivity index (χ0) is 19.2. The van der Waals surface area contributed by atoms with Crippen LogP contribution in [0.4, 0.5) is 0 Å². The van der Waals surface area contributed by atoms with Crippen molar-refractivity contribution >= 4 is 40.3 Å². The van der Waals surface area contributed by atoms with E-state index in [9.17, 15) is 4.79 Å². The Morgan fingerprint density at radius 3 is 2.41 bits per heavy atom. The van der Waals surface area contributed by atoms with Crippen LogP contribution in [0.1, 0.15) is 11.1 Å². The number of thioether (sulfide) groups is 1. The normalized spacial score (nSPS) is 15.3. The molecule has 1 aliphatic heterocycles. The lowest BCUT2D eigenvalue weighted by Crippen LogP contribution is -2.27. The molecule has 0 spiro atoms. The standard InChI is InChI=1S/C21H19NO3S2/c1-3-12-25-18-10-4-15(5-11-18)13-19-20(23)22(21(26)27-19)14-16-6-8-17(24-2)9-7-16/h3-11,13H,1,12,14H2,2H3. The van der Waals surface area contributed by atoms with Gasteiger partial charge in [0, 0.05) is 0 Å². The average Bonchev–Trinajstić information content (AvgIpc) is 2.95. The van der Waals surface area contributed by atoms with Gasteiger partial charge in [0.05, 0.1) is 18.6 Å². The topological polar surface area (TPSA) is 38.8 Å². The van der Waals surface area contributed by atoms with E-state index in [1.165, 1.54) is 11.8 Å². The highest BCUT2D eigenvalue weighted by Gasteiger charge is 2.31. The number of methoxy groups -OCH3 is 1. The SMILES string of the molecule is C=CCOc1ccc(C=C2SC(=S)N(Cc3ccc(OC)cc3)C2=O)cc1. The summed E-state index contributed by atoms with van der Waals surface area (Å²) in [4.78, 5) is 15.0. The van der Waals surface area contributed by atoms with Crippen LogP contribution in [0.2, 0.25) is 0 Å². The first-order chi connectivity index (χ1) is 13.1. The van der Waals surface area contributed by atoms with E-state index in [4.69, 9.17) is 21.7 Å². The van der Waals surface area contributed by atoms with Crippen molar-refractivity contribution in [3.8, 4) is 11.5 Å². The average molecular weight is 398 g/mol. The summed E-state index contributed by atoms with van der Waals surface area (Å²) in [5, 5.41) is 0. The van der Waals surface area contributed by atoms with Gasteiger partial charge >= 0.3 is 0 Å². The van der Waals surface area contributed by atoms with Crippen LogP contribution in [-0.4, -0.2) is 28.8 Å². The lowest BCUT2D eigenvalue weighted by Gasteiger charge is -2.14. The van der Waals surface area contributed by atoms with E-state index in [0.717, 1.165) is 22.6 Å². The third-order valence-electron chi connectivity index (χ3n) is 3.92. The van der Waals surface area contributed by atoms with Gasteiger partial charge in [-0.1, -0.05) is 60.9 Å². The van der Waals surface area contributed by atoms with Crippen molar-refractivity contribution in [3.05, 3.63) is 77.2 Å². The lowest BCUT2D eigenvalue weighted by atomic mass is 10.2. The first-order valence-electron chi connectivity index (χ1n) is 8.33. The van der Waals surface area contributed by atoms with Crippen molar-refractivity contribution in [3.63, 3.8) is 0 Å². The van der Waals surface area contributed by atoms with Crippen LogP contribution in [0, 0.1) is 0 Å². The second kappa shape index (κ2) is 8.88. The highest BCUT2D eigenvalue weighted by atomic mass is 32.2. The first kappa shape index (κ1) is 19.2. The Hall–Kier alpha value is -2.57. The lowest BCUT2D eigenvalue weighted by molar-refractivity contribution is -0.122. The molecule has 1 fully saturated rings. The minimum absolute atomic E-state index is 0.0761. The number of benzene rings is 2. The Morgan fingerprint density at radius 2 is 1.78 bits per heavy atom. The van der Waals surface area contributed by atoms with Crippen molar-refractivity contribution in [2.75, 3.05) is 13.7 Å². The van der Waals surface area contributed by atoms with E-state index in [2.05, 4.69) is 6.58 Å². The molecule has 27 heavy (non-hydrogen) atoms. The molecule has 0 bridgehead atoms. The molecule has 1 aliphatic rings. The summed E-state index contributed by atoms with van der Waals surface area (Å²) in [5.41, 5.74) is 1.92. The number of amides is 1.